The lowest BCUT2D eigenvalue weighted by atomic mass is 10.4. The fourth-order valence-corrected chi connectivity index (χ4v) is 4.43. The lowest BCUT2D eigenvalue weighted by Gasteiger charge is -2.31. The molecule has 0 aliphatic carbocycles. The van der Waals surface area contributed by atoms with E-state index in [1.165, 1.54) is 6.20 Å². The molecule has 4 atom stereocenters. The molecule has 4 unspecified atom stereocenters. The highest BCUT2D eigenvalue weighted by molar-refractivity contribution is 6.22. The van der Waals surface area contributed by atoms with E-state index in [1.54, 1.807) is 59.5 Å². The molecule has 1 aromatic heterocycles. The van der Waals surface area contributed by atoms with Gasteiger partial charge in [-0.15, -0.1) is 25.9 Å². The quantitative estimate of drug-likeness (QED) is 0.326. The number of aromatic nitrogens is 2. The average molecular weight is 750 g/mol. The van der Waals surface area contributed by atoms with Gasteiger partial charge in [-0.3, -0.25) is 25.3 Å². The summed E-state index contributed by atoms with van der Waals surface area (Å²) in [4.78, 5) is 45.3. The summed E-state index contributed by atoms with van der Waals surface area (Å²) < 4.78 is 0. The van der Waals surface area contributed by atoms with Crippen LogP contribution in [0.5, 0.6) is 0 Å². The molecule has 3 N–H and O–H groups in total. The number of amidine groups is 3. The first-order chi connectivity index (χ1) is 26.8. The van der Waals surface area contributed by atoms with Gasteiger partial charge in [0.15, 0.2) is 47.4 Å². The first-order valence-corrected chi connectivity index (χ1v) is 16.4. The molecule has 0 saturated carbocycles. The molecule has 9 aliphatic rings. The van der Waals surface area contributed by atoms with E-state index < -0.39 is 6.23 Å². The Morgan fingerprint density at radius 1 is 0.818 bits per heavy atom. The van der Waals surface area contributed by atoms with Crippen molar-refractivity contribution in [2.45, 2.75) is 38.6 Å². The molecule has 24 nitrogen and oxygen atoms in total. The summed E-state index contributed by atoms with van der Waals surface area (Å²) in [5, 5.41) is 42.1. The number of fused-ring (bicyclic) bond motifs is 5. The number of nitrogens with zero attached hydrogens (tertiary/aromatic N) is 19. The summed E-state index contributed by atoms with van der Waals surface area (Å²) in [6.07, 6.45) is 23.2. The largest absolute Gasteiger partial charge is 0.386 e. The molecule has 55 heavy (non-hydrogen) atoms. The minimum absolute atomic E-state index is 0.0887. The van der Waals surface area contributed by atoms with Crippen LogP contribution in [-0.4, -0.2) is 116 Å². The summed E-state index contributed by atoms with van der Waals surface area (Å²) >= 11 is 0. The molecule has 10 rings (SSSR count). The van der Waals surface area contributed by atoms with Crippen LogP contribution in [0.25, 0.3) is 0 Å². The predicted molar refractivity (Wildman–Crippen MR) is 199 cm³/mol. The number of allylic oxidation sites excluding steroid dienone is 4. The number of aliphatic imine (C=N–C) groups is 5. The molecule has 0 spiro atoms. The minimum atomic E-state index is -0.751. The van der Waals surface area contributed by atoms with Gasteiger partial charge in [0.25, 0.3) is 0 Å². The number of hydroxylamine groups is 1. The number of hydrogen-bond acceptors (Lipinski definition) is 24. The summed E-state index contributed by atoms with van der Waals surface area (Å²) in [5.74, 6) is 2.14. The van der Waals surface area contributed by atoms with E-state index in [1.807, 2.05) is 54.8 Å². The van der Waals surface area contributed by atoms with Crippen LogP contribution in [0.3, 0.4) is 0 Å². The normalized spacial score (nSPS) is 24.8. The van der Waals surface area contributed by atoms with Crippen LogP contribution in [0, 0.1) is 0 Å². The standard InChI is InChI=1S/C7H8N4.C6H7N5.C6H8N4O.2C6H6N4O/c1-7-6-10-4-2-3-5-11(10)9-8-7;1-6-7-9-11-5-3-2-4-10(11)8-6;2*1-4-9-5-6(10-11-4)8-3-2-7-5;11-4-3-9-5-6(10-4)8-2-1-7-5/h2-5H,1,6H2;2-5H,1H3;2-5,9H,1H3;2-3,6,10H,1H2;1-2,4,11H,3H2. The van der Waals surface area contributed by atoms with Gasteiger partial charge >= 0.3 is 0 Å². The molecule has 0 amide bonds. The van der Waals surface area contributed by atoms with Gasteiger partial charge in [-0.05, 0) is 55.2 Å². The number of aliphatic hydroxyl groups is 1. The number of hydrogen-bond donors (Lipinski definition) is 3. The smallest absolute Gasteiger partial charge is 0.232 e. The highest BCUT2D eigenvalue weighted by Gasteiger charge is 2.24. The highest BCUT2D eigenvalue weighted by Crippen LogP contribution is 2.16. The van der Waals surface area contributed by atoms with Crippen LogP contribution in [0.4, 0.5) is 0 Å². The van der Waals surface area contributed by atoms with Gasteiger partial charge in [0, 0.05) is 55.9 Å². The van der Waals surface area contributed by atoms with E-state index in [0.29, 0.717) is 40.9 Å². The summed E-state index contributed by atoms with van der Waals surface area (Å²) in [6.45, 7) is 11.9. The van der Waals surface area contributed by atoms with Crippen molar-refractivity contribution in [3.63, 3.8) is 0 Å². The van der Waals surface area contributed by atoms with Crippen molar-refractivity contribution in [3.05, 3.63) is 97.2 Å². The van der Waals surface area contributed by atoms with Gasteiger partial charge in [-0.1, -0.05) is 11.7 Å². The zero-order chi connectivity index (χ0) is 38.4. The summed E-state index contributed by atoms with van der Waals surface area (Å²) in [7, 11) is 0. The van der Waals surface area contributed by atoms with Crippen LogP contribution in [0.2, 0.25) is 0 Å². The average Bonchev–Trinajstić information content (AvgIpc) is 3.21. The number of oxime groups is 1. The van der Waals surface area contributed by atoms with Crippen LogP contribution < -0.4 is 21.8 Å². The second-order valence-electron chi connectivity index (χ2n) is 11.1. The van der Waals surface area contributed by atoms with Crippen LogP contribution >= 0.6 is 0 Å². The Balaban J connectivity index is 0.000000117. The fourth-order valence-electron chi connectivity index (χ4n) is 4.43. The van der Waals surface area contributed by atoms with Gasteiger partial charge in [-0.25, -0.2) is 24.9 Å². The molecule has 0 fully saturated rings. The molecule has 24 heteroatoms. The van der Waals surface area contributed by atoms with Crippen molar-refractivity contribution in [2.24, 2.45) is 65.9 Å². The van der Waals surface area contributed by atoms with Crippen LogP contribution in [0.15, 0.2) is 152 Å². The molecular formula is C31H35N21O3. The van der Waals surface area contributed by atoms with E-state index in [-0.39, 0.29) is 25.1 Å². The highest BCUT2D eigenvalue weighted by atomic mass is 16.7. The van der Waals surface area contributed by atoms with E-state index in [2.05, 4.69) is 99.8 Å². The van der Waals surface area contributed by atoms with Gasteiger partial charge in [0.1, 0.15) is 0 Å². The molecule has 9 aliphatic heterocycles. The summed E-state index contributed by atoms with van der Waals surface area (Å²) in [6, 6.07) is 0. The number of nitrogens with one attached hydrogen (secondary N) is 2. The molecule has 0 bridgehead atoms. The maximum absolute atomic E-state index is 9.03. The van der Waals surface area contributed by atoms with Gasteiger partial charge in [0.05, 0.1) is 25.0 Å². The maximum atomic E-state index is 9.03. The summed E-state index contributed by atoms with van der Waals surface area (Å²) in [5.41, 5.74) is 4.34. The first kappa shape index (κ1) is 37.4. The van der Waals surface area contributed by atoms with Crippen LogP contribution in [0.1, 0.15) is 13.8 Å². The molecule has 0 aromatic carbocycles. The third-order valence-corrected chi connectivity index (χ3v) is 6.83. The van der Waals surface area contributed by atoms with E-state index >= 15 is 0 Å². The van der Waals surface area contributed by atoms with Gasteiger partial charge < -0.3 is 14.8 Å². The predicted octanol–water partition coefficient (Wildman–Crippen LogP) is 0.369. The number of hydrazone groups is 1. The molecule has 282 valence electrons. The Morgan fingerprint density at radius 3 is 2.33 bits per heavy atom. The monoisotopic (exact) mass is 749 g/mol. The third kappa shape index (κ3) is 10.9. The zero-order valence-electron chi connectivity index (χ0n) is 29.5. The van der Waals surface area contributed by atoms with E-state index in [0.717, 1.165) is 5.70 Å². The zero-order valence-corrected chi connectivity index (χ0v) is 29.5. The first-order valence-electron chi connectivity index (χ1n) is 16.4. The molecule has 1 aromatic rings. The SMILES string of the molecule is C=C1CN2C=CC=CN2N=N1.C=C1N=C2N=CC=NC2NO1.CC1=NN2C=CC=CN2N=N1.CC1NC2N=CC=NC2=NO1.OC1CN=c2nccnc2=N1. The Labute approximate surface area is 312 Å². The number of rotatable bonds is 0. The van der Waals surface area contributed by atoms with Crippen molar-refractivity contribution in [2.75, 3.05) is 13.1 Å². The fraction of sp³-hybridized carbons (Fsp3) is 0.258. The Morgan fingerprint density at radius 2 is 1.51 bits per heavy atom. The van der Waals surface area contributed by atoms with Gasteiger partial charge in [-0.2, -0.15) is 15.2 Å². The lowest BCUT2D eigenvalue weighted by Crippen LogP contribution is -2.45. The Kier molecular flexibility index (Phi) is 12.6. The second kappa shape index (κ2) is 18.4. The van der Waals surface area contributed by atoms with Crippen molar-refractivity contribution < 1.29 is 14.8 Å². The van der Waals surface area contributed by atoms with Crippen molar-refractivity contribution in [3.8, 4) is 0 Å². The second-order valence-corrected chi connectivity index (χ2v) is 11.1. The topological polar surface area (TPSA) is 262 Å². The maximum Gasteiger partial charge on any atom is 0.232 e. The van der Waals surface area contributed by atoms with Gasteiger partial charge in [0.2, 0.25) is 11.7 Å². The molecule has 0 radical (unpaired) electrons. The molecule has 10 heterocycles. The van der Waals surface area contributed by atoms with E-state index in [4.69, 9.17) is 14.8 Å². The molecular weight excluding hydrogens is 714 g/mol. The number of hydrazine groups is 2. The Hall–Kier alpha value is -7.31. The number of aliphatic hydroxyl groups excluding tert-OH is 1. The molecule has 0 saturated heterocycles. The third-order valence-electron chi connectivity index (χ3n) is 6.83. The lowest BCUT2D eigenvalue weighted by molar-refractivity contribution is 0.0305. The van der Waals surface area contributed by atoms with E-state index in [9.17, 15) is 0 Å². The van der Waals surface area contributed by atoms with Crippen LogP contribution in [-0.2, 0) is 9.68 Å². The minimum Gasteiger partial charge on any atom is -0.386 e. The Bertz CT molecular complexity index is 2110. The van der Waals surface area contributed by atoms with Crippen molar-refractivity contribution >= 4 is 42.4 Å². The van der Waals surface area contributed by atoms with Crippen molar-refractivity contribution in [1.82, 2.24) is 41.1 Å². The van der Waals surface area contributed by atoms with Crippen molar-refractivity contribution in [1.29, 1.82) is 0 Å².